The van der Waals surface area contributed by atoms with Crippen molar-refractivity contribution in [2.24, 2.45) is 0 Å². The molecule has 0 aliphatic carbocycles. The van der Waals surface area contributed by atoms with E-state index in [0.717, 1.165) is 12.1 Å². The third kappa shape index (κ3) is 3.24. The number of hydrogen-bond acceptors (Lipinski definition) is 3. The molecule has 0 spiro atoms. The zero-order chi connectivity index (χ0) is 14.0. The van der Waals surface area contributed by atoms with Crippen molar-refractivity contribution in [1.29, 1.82) is 0 Å². The molecule has 0 aliphatic heterocycles. The molecule has 0 saturated heterocycles. The summed E-state index contributed by atoms with van der Waals surface area (Å²) < 4.78 is 37.3. The minimum absolute atomic E-state index is 0.0659. The molecular weight excluding hydrogens is 289 g/mol. The number of rotatable bonds is 3. The van der Waals surface area contributed by atoms with Gasteiger partial charge in [-0.1, -0.05) is 23.7 Å². The Bertz CT molecular complexity index is 699. The third-order valence-electron chi connectivity index (χ3n) is 2.58. The Morgan fingerprint density at radius 2 is 1.74 bits per heavy atom. The largest absolute Gasteiger partial charge is 0.398 e. The topological polar surface area (TPSA) is 60.2 Å². The first-order chi connectivity index (χ1) is 8.88. The average Bonchev–Trinajstić information content (AvgIpc) is 2.31. The first kappa shape index (κ1) is 13.8. The summed E-state index contributed by atoms with van der Waals surface area (Å²) >= 11 is 5.73. The molecule has 2 rings (SSSR count). The number of halogens is 2. The van der Waals surface area contributed by atoms with Crippen LogP contribution in [0.2, 0.25) is 5.02 Å². The molecule has 0 bridgehead atoms. The van der Waals surface area contributed by atoms with Gasteiger partial charge in [0.1, 0.15) is 5.82 Å². The van der Waals surface area contributed by atoms with Crippen molar-refractivity contribution in [3.8, 4) is 0 Å². The first-order valence-corrected chi connectivity index (χ1v) is 7.44. The fraction of sp³-hybridized carbons (Fsp3) is 0.0769. The van der Waals surface area contributed by atoms with Crippen LogP contribution in [0.4, 0.5) is 10.1 Å². The van der Waals surface area contributed by atoms with Crippen LogP contribution in [-0.4, -0.2) is 8.42 Å². The van der Waals surface area contributed by atoms with E-state index in [0.29, 0.717) is 10.6 Å². The molecule has 2 N–H and O–H groups in total. The van der Waals surface area contributed by atoms with Crippen molar-refractivity contribution in [3.63, 3.8) is 0 Å². The van der Waals surface area contributed by atoms with Gasteiger partial charge in [0.25, 0.3) is 0 Å². The van der Waals surface area contributed by atoms with Crippen LogP contribution in [0.5, 0.6) is 0 Å². The molecule has 0 aromatic heterocycles. The summed E-state index contributed by atoms with van der Waals surface area (Å²) in [6.07, 6.45) is 0. The Morgan fingerprint density at radius 3 is 2.32 bits per heavy atom. The molecule has 0 saturated carbocycles. The number of nitrogen functional groups attached to an aromatic ring is 1. The molecule has 0 unspecified atom stereocenters. The van der Waals surface area contributed by atoms with Crippen LogP contribution in [0.1, 0.15) is 5.56 Å². The van der Waals surface area contributed by atoms with E-state index < -0.39 is 15.7 Å². The Hall–Kier alpha value is -1.59. The van der Waals surface area contributed by atoms with Crippen molar-refractivity contribution in [2.75, 3.05) is 5.73 Å². The molecule has 2 aromatic carbocycles. The molecule has 2 aromatic rings. The smallest absolute Gasteiger partial charge is 0.184 e. The molecule has 0 aliphatic rings. The maximum atomic E-state index is 12.9. The van der Waals surface area contributed by atoms with Crippen LogP contribution in [0.25, 0.3) is 0 Å². The summed E-state index contributed by atoms with van der Waals surface area (Å²) in [7, 11) is -3.61. The summed E-state index contributed by atoms with van der Waals surface area (Å²) in [5, 5.41) is 0.530. The predicted molar refractivity (Wildman–Crippen MR) is 73.2 cm³/mol. The molecule has 6 heteroatoms. The van der Waals surface area contributed by atoms with Crippen LogP contribution >= 0.6 is 11.6 Å². The fourth-order valence-corrected chi connectivity index (χ4v) is 3.29. The maximum absolute atomic E-state index is 12.9. The Morgan fingerprint density at radius 1 is 1.11 bits per heavy atom. The van der Waals surface area contributed by atoms with E-state index in [4.69, 9.17) is 17.3 Å². The first-order valence-electron chi connectivity index (χ1n) is 5.41. The summed E-state index contributed by atoms with van der Waals surface area (Å²) in [5.74, 6) is -0.775. The second kappa shape index (κ2) is 5.19. The second-order valence-corrected chi connectivity index (χ2v) is 6.46. The Balaban J connectivity index is 2.35. The van der Waals surface area contributed by atoms with Gasteiger partial charge in [-0.05, 0) is 35.9 Å². The maximum Gasteiger partial charge on any atom is 0.184 e. The third-order valence-corrected chi connectivity index (χ3v) is 4.58. The van der Waals surface area contributed by atoms with Gasteiger partial charge in [-0.15, -0.1) is 0 Å². The molecule has 100 valence electrons. The van der Waals surface area contributed by atoms with Gasteiger partial charge in [0, 0.05) is 5.02 Å². The van der Waals surface area contributed by atoms with Gasteiger partial charge in [0.05, 0.1) is 16.3 Å². The lowest BCUT2D eigenvalue weighted by atomic mass is 10.2. The number of sulfone groups is 1. The van der Waals surface area contributed by atoms with E-state index in [2.05, 4.69) is 0 Å². The summed E-state index contributed by atoms with van der Waals surface area (Å²) in [5.41, 5.74) is 6.05. The van der Waals surface area contributed by atoms with E-state index >= 15 is 0 Å². The second-order valence-electron chi connectivity index (χ2n) is 4.07. The van der Waals surface area contributed by atoms with Gasteiger partial charge in [-0.2, -0.15) is 0 Å². The zero-order valence-electron chi connectivity index (χ0n) is 9.81. The van der Waals surface area contributed by atoms with Crippen LogP contribution in [0.15, 0.2) is 47.4 Å². The van der Waals surface area contributed by atoms with Crippen molar-refractivity contribution in [3.05, 3.63) is 58.9 Å². The predicted octanol–water partition coefficient (Wildman–Crippen LogP) is 3.04. The molecule has 0 atom stereocenters. The zero-order valence-corrected chi connectivity index (χ0v) is 11.4. The van der Waals surface area contributed by atoms with Crippen molar-refractivity contribution < 1.29 is 12.8 Å². The molecule has 0 radical (unpaired) electrons. The molecule has 0 amide bonds. The number of benzene rings is 2. The summed E-state index contributed by atoms with van der Waals surface area (Å²) in [6, 6.07) is 9.72. The number of nitrogens with two attached hydrogens (primary N) is 1. The van der Waals surface area contributed by atoms with Crippen LogP contribution in [-0.2, 0) is 15.6 Å². The van der Waals surface area contributed by atoms with Crippen LogP contribution in [0.3, 0.4) is 0 Å². The van der Waals surface area contributed by atoms with E-state index in [1.54, 1.807) is 24.3 Å². The van der Waals surface area contributed by atoms with Crippen molar-refractivity contribution in [1.82, 2.24) is 0 Å². The lowest BCUT2D eigenvalue weighted by molar-refractivity contribution is 0.594. The Labute approximate surface area is 115 Å². The SMILES string of the molecule is Nc1cc(F)ccc1S(=O)(=O)Cc1ccc(Cl)cc1. The van der Waals surface area contributed by atoms with E-state index in [9.17, 15) is 12.8 Å². The van der Waals surface area contributed by atoms with Crippen LogP contribution < -0.4 is 5.73 Å². The van der Waals surface area contributed by atoms with E-state index in [-0.39, 0.29) is 16.3 Å². The molecule has 0 fully saturated rings. The highest BCUT2D eigenvalue weighted by Gasteiger charge is 2.18. The van der Waals surface area contributed by atoms with E-state index in [1.807, 2.05) is 0 Å². The number of anilines is 1. The van der Waals surface area contributed by atoms with Crippen LogP contribution in [0, 0.1) is 5.82 Å². The van der Waals surface area contributed by atoms with Crippen molar-refractivity contribution in [2.45, 2.75) is 10.6 Å². The standard InChI is InChI=1S/C13H11ClFNO2S/c14-10-3-1-9(2-4-10)8-19(17,18)13-6-5-11(15)7-12(13)16/h1-7H,8,16H2. The minimum atomic E-state index is -3.61. The van der Waals surface area contributed by atoms with Gasteiger partial charge in [-0.3, -0.25) is 0 Å². The van der Waals surface area contributed by atoms with Gasteiger partial charge in [0.2, 0.25) is 0 Å². The fourth-order valence-electron chi connectivity index (χ4n) is 1.68. The molecule has 3 nitrogen and oxygen atoms in total. The molecule has 0 heterocycles. The molecule has 19 heavy (non-hydrogen) atoms. The lowest BCUT2D eigenvalue weighted by Gasteiger charge is -2.07. The normalized spacial score (nSPS) is 11.5. The van der Waals surface area contributed by atoms with E-state index in [1.165, 1.54) is 6.07 Å². The highest BCUT2D eigenvalue weighted by Crippen LogP contribution is 2.23. The summed E-state index contributed by atoms with van der Waals surface area (Å²) in [6.45, 7) is 0. The monoisotopic (exact) mass is 299 g/mol. The van der Waals surface area contributed by atoms with Gasteiger partial charge < -0.3 is 5.73 Å². The highest BCUT2D eigenvalue weighted by atomic mass is 35.5. The quantitative estimate of drug-likeness (QED) is 0.700. The summed E-state index contributed by atoms with van der Waals surface area (Å²) in [4.78, 5) is -0.0659. The van der Waals surface area contributed by atoms with Crippen molar-refractivity contribution >= 4 is 27.1 Å². The minimum Gasteiger partial charge on any atom is -0.398 e. The molecular formula is C13H11ClFNO2S. The number of hydrogen-bond donors (Lipinski definition) is 1. The lowest BCUT2D eigenvalue weighted by Crippen LogP contribution is -2.08. The highest BCUT2D eigenvalue weighted by molar-refractivity contribution is 7.90. The van der Waals surface area contributed by atoms with Gasteiger partial charge in [0.15, 0.2) is 9.84 Å². The Kier molecular flexibility index (Phi) is 3.78. The van der Waals surface area contributed by atoms with Gasteiger partial charge >= 0.3 is 0 Å². The van der Waals surface area contributed by atoms with Gasteiger partial charge in [-0.25, -0.2) is 12.8 Å². The average molecular weight is 300 g/mol.